The van der Waals surface area contributed by atoms with Crippen LogP contribution in [0.3, 0.4) is 0 Å². The number of rotatable bonds is 7. The highest BCUT2D eigenvalue weighted by molar-refractivity contribution is 6.36. The summed E-state index contributed by atoms with van der Waals surface area (Å²) < 4.78 is 4.37. The maximum Gasteiger partial charge on any atom is 0.375 e. The average Bonchev–Trinajstić information content (AvgIpc) is 2.79. The molecule has 2 aromatic carbocycles. The number of ether oxygens (including phenoxy) is 1. The largest absolute Gasteiger partial charge is 0.871 e. The van der Waals surface area contributed by atoms with Crippen molar-refractivity contribution in [2.24, 2.45) is 0 Å². The number of nitrogens with one attached hydrogen (secondary N) is 2. The number of fused-ring (bicyclic) bond motifs is 1. The Balaban J connectivity index is 2.08. The van der Waals surface area contributed by atoms with E-state index < -0.39 is 45.5 Å². The summed E-state index contributed by atoms with van der Waals surface area (Å²) >= 11 is 0. The Morgan fingerprint density at radius 1 is 1.19 bits per heavy atom. The predicted molar refractivity (Wildman–Crippen MR) is 109 cm³/mol. The summed E-state index contributed by atoms with van der Waals surface area (Å²) in [6.45, 7) is 0. The molecular weight excluding hydrogens is 424 g/mol. The second-order valence-corrected chi connectivity index (χ2v) is 6.40. The van der Waals surface area contributed by atoms with Crippen molar-refractivity contribution in [1.29, 1.82) is 0 Å². The number of nitrogens with zero attached hydrogens (tertiary/aromatic N) is 2. The summed E-state index contributed by atoms with van der Waals surface area (Å²) in [6, 6.07) is 11.0. The highest BCUT2D eigenvalue weighted by Crippen LogP contribution is 2.24. The number of aromatic nitrogens is 2. The zero-order valence-electron chi connectivity index (χ0n) is 16.4. The Morgan fingerprint density at radius 2 is 1.84 bits per heavy atom. The number of hydrogen-bond donors (Lipinski definition) is 3. The fraction of sp³-hybridized carbons (Fsp3) is 0.100. The molecule has 0 radical (unpaired) electrons. The van der Waals surface area contributed by atoms with Crippen molar-refractivity contribution >= 4 is 34.2 Å². The second kappa shape index (κ2) is 8.95. The van der Waals surface area contributed by atoms with Crippen LogP contribution in [0.2, 0.25) is 0 Å². The van der Waals surface area contributed by atoms with Gasteiger partial charge in [0.1, 0.15) is 5.69 Å². The highest BCUT2D eigenvalue weighted by Gasteiger charge is 2.32. The molecule has 1 atom stereocenters. The van der Waals surface area contributed by atoms with Gasteiger partial charge in [-0.25, -0.2) is 9.78 Å². The first-order valence-corrected chi connectivity index (χ1v) is 8.95. The van der Waals surface area contributed by atoms with Crippen LogP contribution in [0.5, 0.6) is 0 Å². The van der Waals surface area contributed by atoms with Crippen LogP contribution in [0, 0.1) is 10.1 Å². The fourth-order valence-electron chi connectivity index (χ4n) is 2.83. The molecule has 1 unspecified atom stereocenters. The van der Waals surface area contributed by atoms with Gasteiger partial charge in [-0.3, -0.25) is 19.7 Å². The number of H-pyrrole nitrogens is 1. The first kappa shape index (κ1) is 22.0. The summed E-state index contributed by atoms with van der Waals surface area (Å²) in [7, 11) is 0.915. The number of methoxy groups -OCH3 is 1. The quantitative estimate of drug-likeness (QED) is 0.157. The zero-order chi connectivity index (χ0) is 23.4. The molecule has 1 heterocycles. The third-order valence-corrected chi connectivity index (χ3v) is 4.38. The number of Topliss-reactive ketones (excluding diaryl/α,β-unsaturated/α-hetero) is 1. The molecule has 0 aliphatic rings. The van der Waals surface area contributed by atoms with Crippen molar-refractivity contribution in [2.75, 3.05) is 12.4 Å². The van der Waals surface area contributed by atoms with E-state index in [9.17, 15) is 34.7 Å². The summed E-state index contributed by atoms with van der Waals surface area (Å²) in [5.41, 5.74) is -1.11. The Labute approximate surface area is 178 Å². The lowest BCUT2D eigenvalue weighted by Gasteiger charge is -2.23. The third kappa shape index (κ3) is 4.38. The number of allylic oxidation sites excluding steroid dienone is 1. The van der Waals surface area contributed by atoms with Crippen molar-refractivity contribution < 1.29 is 29.5 Å². The van der Waals surface area contributed by atoms with Gasteiger partial charge in [-0.15, -0.1) is 0 Å². The van der Waals surface area contributed by atoms with Crippen LogP contribution in [-0.4, -0.2) is 38.9 Å². The minimum atomic E-state index is -2.10. The Hall–Kier alpha value is -4.74. The number of benzene rings is 2. The molecule has 0 saturated heterocycles. The van der Waals surface area contributed by atoms with Gasteiger partial charge in [0.05, 0.1) is 29.0 Å². The summed E-state index contributed by atoms with van der Waals surface area (Å²) in [6.07, 6.45) is 0. The van der Waals surface area contributed by atoms with E-state index in [-0.39, 0.29) is 16.9 Å². The second-order valence-electron chi connectivity index (χ2n) is 6.40. The molecule has 1 aromatic heterocycles. The molecule has 3 N–H and O–H groups in total. The number of para-hydroxylation sites is 2. The number of nitro benzene ring substituents is 1. The molecule has 3 rings (SSSR count). The van der Waals surface area contributed by atoms with E-state index in [1.165, 1.54) is 18.2 Å². The molecule has 0 aliphatic carbocycles. The summed E-state index contributed by atoms with van der Waals surface area (Å²) in [4.78, 5) is 53.5. The summed E-state index contributed by atoms with van der Waals surface area (Å²) in [5, 5.41) is 36.2. The van der Waals surface area contributed by atoms with E-state index in [0.717, 1.165) is 19.2 Å². The van der Waals surface area contributed by atoms with Gasteiger partial charge in [-0.1, -0.05) is 17.9 Å². The molecule has 0 spiro atoms. The van der Waals surface area contributed by atoms with Crippen molar-refractivity contribution in [3.63, 3.8) is 0 Å². The van der Waals surface area contributed by atoms with E-state index in [2.05, 4.69) is 20.0 Å². The van der Waals surface area contributed by atoms with Gasteiger partial charge < -0.3 is 25.3 Å². The van der Waals surface area contributed by atoms with Gasteiger partial charge in [-0.05, 0) is 24.3 Å². The lowest BCUT2D eigenvalue weighted by Crippen LogP contribution is -2.35. The van der Waals surface area contributed by atoms with Crippen LogP contribution in [-0.2, 0) is 14.3 Å². The maximum absolute atomic E-state index is 12.9. The molecule has 3 aromatic rings. The molecule has 164 valence electrons. The number of anilines is 1. The Morgan fingerprint density at radius 3 is 2.47 bits per heavy atom. The number of nitro groups is 1. The number of hydrogen-bond acceptors (Lipinski definition) is 10. The molecule has 0 amide bonds. The van der Waals surface area contributed by atoms with Crippen molar-refractivity contribution in [3.05, 3.63) is 86.3 Å². The average molecular weight is 439 g/mol. The first-order valence-electron chi connectivity index (χ1n) is 8.95. The third-order valence-electron chi connectivity index (χ3n) is 4.38. The van der Waals surface area contributed by atoms with Gasteiger partial charge in [0.2, 0.25) is 0 Å². The van der Waals surface area contributed by atoms with E-state index in [1.807, 2.05) is 0 Å². The maximum atomic E-state index is 12.9. The van der Waals surface area contributed by atoms with Gasteiger partial charge >= 0.3 is 5.97 Å². The van der Waals surface area contributed by atoms with Gasteiger partial charge in [0, 0.05) is 17.8 Å². The minimum Gasteiger partial charge on any atom is -0.871 e. The molecular formula is C20H15N4O8-. The van der Waals surface area contributed by atoms with Crippen LogP contribution in [0.4, 0.5) is 11.4 Å². The highest BCUT2D eigenvalue weighted by atomic mass is 16.6. The van der Waals surface area contributed by atoms with Crippen molar-refractivity contribution in [3.8, 4) is 0 Å². The van der Waals surface area contributed by atoms with Crippen molar-refractivity contribution in [1.82, 2.24) is 9.97 Å². The number of carbonyl (C=O) groups is 2. The number of esters is 1. The number of ketones is 1. The molecule has 32 heavy (non-hydrogen) atoms. The molecule has 12 nitrogen and oxygen atoms in total. The van der Waals surface area contributed by atoms with Crippen LogP contribution in [0.15, 0.2) is 65.0 Å². The van der Waals surface area contributed by atoms with Gasteiger partial charge in [-0.2, -0.15) is 0 Å². The van der Waals surface area contributed by atoms with Crippen LogP contribution < -0.4 is 16.0 Å². The molecule has 0 aliphatic heterocycles. The standard InChI is InChI=1S/C20H16N4O8/c1-32-20(29)17(26)14(15-18(27)23-13-5-3-2-4-12(13)22-15)16(25)19(28)21-10-6-8-11(9-7-10)24(30)31/h2-9,14,21,25,28H,1H3,(H,23,27)/p-1. The number of aliphatic hydroxyl groups excluding tert-OH is 1. The van der Waals surface area contributed by atoms with E-state index in [1.54, 1.807) is 18.2 Å². The van der Waals surface area contributed by atoms with Gasteiger partial charge in [0.15, 0.2) is 5.88 Å². The van der Waals surface area contributed by atoms with Crippen LogP contribution in [0.1, 0.15) is 11.6 Å². The van der Waals surface area contributed by atoms with Crippen molar-refractivity contribution in [2.45, 2.75) is 5.92 Å². The minimum absolute atomic E-state index is 0.0751. The Bertz CT molecular complexity index is 1300. The molecule has 0 bridgehead atoms. The lowest BCUT2D eigenvalue weighted by atomic mass is 9.97. The normalized spacial score (nSPS) is 12.5. The molecule has 0 fully saturated rings. The fourth-order valence-corrected chi connectivity index (χ4v) is 2.83. The molecule has 0 saturated carbocycles. The topological polar surface area (TPSA) is 188 Å². The lowest BCUT2D eigenvalue weighted by molar-refractivity contribution is -0.384. The SMILES string of the molecule is COC(=O)C(=O)C(C([O-])=C(O)Nc1ccc([N+](=O)[O-])cc1)c1nc2ccccc2[nH]c1=O. The summed E-state index contributed by atoms with van der Waals surface area (Å²) in [5.74, 6) is -7.34. The van der Waals surface area contributed by atoms with Crippen LogP contribution >= 0.6 is 0 Å². The number of non-ortho nitro benzene ring substituents is 1. The van der Waals surface area contributed by atoms with Gasteiger partial charge in [0.25, 0.3) is 17.0 Å². The Kier molecular flexibility index (Phi) is 6.14. The first-order chi connectivity index (χ1) is 15.2. The number of carbonyl (C=O) groups excluding carboxylic acids is 2. The van der Waals surface area contributed by atoms with E-state index in [0.29, 0.717) is 5.52 Å². The smallest absolute Gasteiger partial charge is 0.375 e. The monoisotopic (exact) mass is 439 g/mol. The predicted octanol–water partition coefficient (Wildman–Crippen LogP) is 0.856. The molecule has 12 heteroatoms. The van der Waals surface area contributed by atoms with E-state index >= 15 is 0 Å². The number of aromatic amines is 1. The zero-order valence-corrected chi connectivity index (χ0v) is 16.4. The van der Waals surface area contributed by atoms with E-state index in [4.69, 9.17) is 0 Å². The number of aliphatic hydroxyl groups is 1. The van der Waals surface area contributed by atoms with Crippen LogP contribution in [0.25, 0.3) is 11.0 Å².